The lowest BCUT2D eigenvalue weighted by molar-refractivity contribution is -0.119. The van der Waals surface area contributed by atoms with Gasteiger partial charge in [0.15, 0.2) is 0 Å². The fourth-order valence-corrected chi connectivity index (χ4v) is 4.83. The summed E-state index contributed by atoms with van der Waals surface area (Å²) in [5.41, 5.74) is 1.56. The maximum atomic E-state index is 13.4. The van der Waals surface area contributed by atoms with E-state index in [1.807, 2.05) is 31.2 Å². The molecule has 1 N–H and O–H groups in total. The fourth-order valence-electron chi connectivity index (χ4n) is 3.41. The number of benzene rings is 3. The summed E-state index contributed by atoms with van der Waals surface area (Å²) in [6.45, 7) is 2.69. The molecule has 0 spiro atoms. The van der Waals surface area contributed by atoms with Crippen LogP contribution in [0, 0.1) is 0 Å². The maximum absolute atomic E-state index is 13.4. The van der Waals surface area contributed by atoms with E-state index in [1.54, 1.807) is 42.5 Å². The van der Waals surface area contributed by atoms with Crippen molar-refractivity contribution >= 4 is 21.6 Å². The SMILES string of the molecule is CCOc1ccc(CCCNC(=O)CN(c2ccccc2)S(=O)(=O)c2ccc(OC)cc2)cc1. The van der Waals surface area contributed by atoms with Crippen LogP contribution in [0.3, 0.4) is 0 Å². The van der Waals surface area contributed by atoms with Crippen molar-refractivity contribution in [2.75, 3.05) is 31.1 Å². The van der Waals surface area contributed by atoms with E-state index in [1.165, 1.54) is 19.2 Å². The molecule has 0 heterocycles. The van der Waals surface area contributed by atoms with Crippen LogP contribution in [0.4, 0.5) is 5.69 Å². The zero-order valence-corrected chi connectivity index (χ0v) is 20.3. The number of amides is 1. The Morgan fingerprint density at radius 2 is 1.56 bits per heavy atom. The molecule has 0 fully saturated rings. The number of aryl methyl sites for hydroxylation is 1. The molecule has 180 valence electrons. The van der Waals surface area contributed by atoms with E-state index in [0.29, 0.717) is 24.6 Å². The van der Waals surface area contributed by atoms with Gasteiger partial charge in [0.25, 0.3) is 10.0 Å². The largest absolute Gasteiger partial charge is 0.497 e. The lowest BCUT2D eigenvalue weighted by Gasteiger charge is -2.24. The van der Waals surface area contributed by atoms with Crippen LogP contribution >= 0.6 is 0 Å². The first-order valence-electron chi connectivity index (χ1n) is 11.1. The number of carbonyl (C=O) groups excluding carboxylic acids is 1. The van der Waals surface area contributed by atoms with Crippen LogP contribution in [0.1, 0.15) is 18.9 Å². The lowest BCUT2D eigenvalue weighted by Crippen LogP contribution is -2.41. The molecule has 0 atom stereocenters. The van der Waals surface area contributed by atoms with Crippen molar-refractivity contribution in [2.45, 2.75) is 24.7 Å². The molecule has 0 aliphatic carbocycles. The van der Waals surface area contributed by atoms with Gasteiger partial charge >= 0.3 is 0 Å². The maximum Gasteiger partial charge on any atom is 0.264 e. The number of hydrogen-bond donors (Lipinski definition) is 1. The highest BCUT2D eigenvalue weighted by Gasteiger charge is 2.27. The zero-order chi connectivity index (χ0) is 24.4. The van der Waals surface area contributed by atoms with Gasteiger partial charge in [-0.05, 0) is 73.9 Å². The van der Waals surface area contributed by atoms with Gasteiger partial charge in [-0.3, -0.25) is 9.10 Å². The van der Waals surface area contributed by atoms with Gasteiger partial charge in [0.2, 0.25) is 5.91 Å². The van der Waals surface area contributed by atoms with E-state index >= 15 is 0 Å². The van der Waals surface area contributed by atoms with Crippen molar-refractivity contribution in [2.24, 2.45) is 0 Å². The van der Waals surface area contributed by atoms with Gasteiger partial charge in [0, 0.05) is 6.54 Å². The van der Waals surface area contributed by atoms with Gasteiger partial charge < -0.3 is 14.8 Å². The molecule has 0 unspecified atom stereocenters. The highest BCUT2D eigenvalue weighted by molar-refractivity contribution is 7.92. The number of para-hydroxylation sites is 1. The normalized spacial score (nSPS) is 11.0. The Balaban J connectivity index is 1.62. The highest BCUT2D eigenvalue weighted by Crippen LogP contribution is 2.24. The predicted molar refractivity (Wildman–Crippen MR) is 133 cm³/mol. The molecule has 8 heteroatoms. The number of nitrogens with zero attached hydrogens (tertiary/aromatic N) is 1. The van der Waals surface area contributed by atoms with E-state index in [2.05, 4.69) is 5.32 Å². The van der Waals surface area contributed by atoms with Crippen LogP contribution in [0.2, 0.25) is 0 Å². The monoisotopic (exact) mass is 482 g/mol. The molecule has 0 bridgehead atoms. The third-order valence-electron chi connectivity index (χ3n) is 5.18. The Hall–Kier alpha value is -3.52. The van der Waals surface area contributed by atoms with Gasteiger partial charge in [0.1, 0.15) is 18.0 Å². The van der Waals surface area contributed by atoms with Crippen molar-refractivity contribution in [3.63, 3.8) is 0 Å². The molecule has 0 saturated heterocycles. The second-order valence-electron chi connectivity index (χ2n) is 7.55. The first-order chi connectivity index (χ1) is 16.4. The van der Waals surface area contributed by atoms with Crippen molar-refractivity contribution < 1.29 is 22.7 Å². The Bertz CT molecular complexity index is 1150. The molecule has 0 aliphatic heterocycles. The summed E-state index contributed by atoms with van der Waals surface area (Å²) in [7, 11) is -2.44. The molecule has 0 aromatic heterocycles. The van der Waals surface area contributed by atoms with Crippen LogP contribution < -0.4 is 19.1 Å². The summed E-state index contributed by atoms with van der Waals surface area (Å²) in [5, 5.41) is 2.84. The summed E-state index contributed by atoms with van der Waals surface area (Å²) in [4.78, 5) is 12.8. The van der Waals surface area contributed by atoms with Crippen LogP contribution in [-0.4, -0.2) is 41.1 Å². The summed E-state index contributed by atoms with van der Waals surface area (Å²) in [6, 6.07) is 22.6. The van der Waals surface area contributed by atoms with Crippen LogP contribution in [-0.2, 0) is 21.2 Å². The van der Waals surface area contributed by atoms with Gasteiger partial charge in [-0.15, -0.1) is 0 Å². The van der Waals surface area contributed by atoms with Gasteiger partial charge in [-0.2, -0.15) is 0 Å². The van der Waals surface area contributed by atoms with E-state index in [0.717, 1.165) is 28.5 Å². The summed E-state index contributed by atoms with van der Waals surface area (Å²) < 4.78 is 38.4. The second-order valence-corrected chi connectivity index (χ2v) is 9.42. The second kappa shape index (κ2) is 12.1. The molecule has 7 nitrogen and oxygen atoms in total. The van der Waals surface area contributed by atoms with Crippen LogP contribution in [0.5, 0.6) is 11.5 Å². The topological polar surface area (TPSA) is 84.9 Å². The molecular formula is C26H30N2O5S. The Morgan fingerprint density at radius 3 is 2.18 bits per heavy atom. The molecule has 34 heavy (non-hydrogen) atoms. The van der Waals surface area contributed by atoms with Crippen molar-refractivity contribution in [1.29, 1.82) is 0 Å². The number of rotatable bonds is 12. The Kier molecular flexibility index (Phi) is 8.93. The van der Waals surface area contributed by atoms with Crippen LogP contribution in [0.25, 0.3) is 0 Å². The summed E-state index contributed by atoms with van der Waals surface area (Å²) in [6.07, 6.45) is 1.52. The minimum Gasteiger partial charge on any atom is -0.497 e. The standard InChI is InChI=1S/C26H30N2O5S/c1-3-33-24-13-11-21(12-14-24)8-7-19-27-26(29)20-28(22-9-5-4-6-10-22)34(30,31)25-17-15-23(32-2)16-18-25/h4-6,9-18H,3,7-8,19-20H2,1-2H3,(H,27,29). The van der Waals surface area contributed by atoms with Gasteiger partial charge in [0.05, 0.1) is 24.3 Å². The number of carbonyl (C=O) groups is 1. The number of methoxy groups -OCH3 is 1. The summed E-state index contributed by atoms with van der Waals surface area (Å²) >= 11 is 0. The molecule has 3 aromatic rings. The van der Waals surface area contributed by atoms with Crippen LogP contribution in [0.15, 0.2) is 83.8 Å². The number of nitrogens with one attached hydrogen (secondary N) is 1. The van der Waals surface area contributed by atoms with Crippen molar-refractivity contribution in [3.05, 3.63) is 84.4 Å². The average molecular weight is 483 g/mol. The quantitative estimate of drug-likeness (QED) is 0.394. The minimum atomic E-state index is -3.95. The van der Waals surface area contributed by atoms with E-state index in [-0.39, 0.29) is 17.3 Å². The van der Waals surface area contributed by atoms with E-state index < -0.39 is 10.0 Å². The molecule has 3 rings (SSSR count). The first-order valence-corrected chi connectivity index (χ1v) is 12.6. The van der Waals surface area contributed by atoms with Crippen molar-refractivity contribution in [1.82, 2.24) is 5.32 Å². The summed E-state index contributed by atoms with van der Waals surface area (Å²) in [5.74, 6) is 1.02. The molecule has 0 aliphatic rings. The Labute approximate surface area is 201 Å². The fraction of sp³-hybridized carbons (Fsp3) is 0.269. The highest BCUT2D eigenvalue weighted by atomic mass is 32.2. The molecule has 1 amide bonds. The molecule has 0 saturated carbocycles. The lowest BCUT2D eigenvalue weighted by atomic mass is 10.1. The van der Waals surface area contributed by atoms with E-state index in [9.17, 15) is 13.2 Å². The molecule has 0 radical (unpaired) electrons. The minimum absolute atomic E-state index is 0.0838. The van der Waals surface area contributed by atoms with E-state index in [4.69, 9.17) is 9.47 Å². The number of ether oxygens (including phenoxy) is 2. The smallest absolute Gasteiger partial charge is 0.264 e. The zero-order valence-electron chi connectivity index (χ0n) is 19.4. The Morgan fingerprint density at radius 1 is 0.912 bits per heavy atom. The van der Waals surface area contributed by atoms with Gasteiger partial charge in [-0.1, -0.05) is 30.3 Å². The third kappa shape index (κ3) is 6.74. The average Bonchev–Trinajstić information content (AvgIpc) is 2.87. The molecular weight excluding hydrogens is 452 g/mol. The molecule has 3 aromatic carbocycles. The van der Waals surface area contributed by atoms with Crippen molar-refractivity contribution in [3.8, 4) is 11.5 Å². The number of sulfonamides is 1. The predicted octanol–water partition coefficient (Wildman–Crippen LogP) is 4.04. The first kappa shape index (κ1) is 25.1. The number of hydrogen-bond acceptors (Lipinski definition) is 5. The van der Waals surface area contributed by atoms with Gasteiger partial charge in [-0.25, -0.2) is 8.42 Å². The third-order valence-corrected chi connectivity index (χ3v) is 6.97. The number of anilines is 1.